The number of nitrogens with zero attached hydrogens (tertiary/aromatic N) is 4. The summed E-state index contributed by atoms with van der Waals surface area (Å²) in [6, 6.07) is 13.2. The van der Waals surface area contributed by atoms with Gasteiger partial charge in [-0.15, -0.1) is 0 Å². The zero-order valence-corrected chi connectivity index (χ0v) is 21.2. The van der Waals surface area contributed by atoms with Crippen molar-refractivity contribution >= 4 is 28.5 Å². The average Bonchev–Trinajstić information content (AvgIpc) is 2.96. The molecule has 2 saturated heterocycles. The molecular weight excluding hydrogens is 472 g/mol. The number of benzene rings is 2. The van der Waals surface area contributed by atoms with Crippen LogP contribution in [0.2, 0.25) is 0 Å². The first-order chi connectivity index (χ1) is 18.0. The molecule has 0 aliphatic carbocycles. The Morgan fingerprint density at radius 1 is 0.973 bits per heavy atom. The van der Waals surface area contributed by atoms with Crippen LogP contribution in [0.15, 0.2) is 48.7 Å². The van der Waals surface area contributed by atoms with Crippen molar-refractivity contribution in [2.24, 2.45) is 0 Å². The summed E-state index contributed by atoms with van der Waals surface area (Å²) in [7, 11) is 3.27. The minimum absolute atomic E-state index is 0.0440. The Morgan fingerprint density at radius 2 is 1.70 bits per heavy atom. The predicted molar refractivity (Wildman–Crippen MR) is 140 cm³/mol. The van der Waals surface area contributed by atoms with Crippen molar-refractivity contribution in [2.45, 2.75) is 18.4 Å². The number of anilines is 1. The number of para-hydroxylation sites is 2. The topological polar surface area (TPSA) is 109 Å². The van der Waals surface area contributed by atoms with Gasteiger partial charge in [-0.2, -0.15) is 0 Å². The Kier molecular flexibility index (Phi) is 7.09. The molecule has 2 aliphatic heterocycles. The molecule has 2 amide bonds. The molecule has 0 bridgehead atoms. The van der Waals surface area contributed by atoms with E-state index < -0.39 is 5.54 Å². The van der Waals surface area contributed by atoms with Crippen LogP contribution in [0.1, 0.15) is 23.3 Å². The standard InChI is InChI=1S/C27H32N6O4/c1-36-19-7-8-23(24(17-19)37-2)32-13-15-33(16-14-32)26(35)27(9-11-28-12-10-27)31-25(34)22-18-29-20-5-3-4-6-21(20)30-22/h3-8,17-18,28H,9-16H2,1-2H3,(H,31,34). The van der Waals surface area contributed by atoms with Crippen molar-refractivity contribution in [3.8, 4) is 11.5 Å². The monoisotopic (exact) mass is 504 g/mol. The van der Waals surface area contributed by atoms with Crippen LogP contribution in [-0.2, 0) is 4.79 Å². The third kappa shape index (κ3) is 5.01. The summed E-state index contributed by atoms with van der Waals surface area (Å²) in [6.07, 6.45) is 2.51. The second kappa shape index (κ2) is 10.6. The van der Waals surface area contributed by atoms with Crippen LogP contribution in [0.4, 0.5) is 5.69 Å². The molecule has 1 aromatic heterocycles. The third-order valence-corrected chi connectivity index (χ3v) is 7.19. The molecule has 2 N–H and O–H groups in total. The molecule has 10 nitrogen and oxygen atoms in total. The Labute approximate surface area is 216 Å². The lowest BCUT2D eigenvalue weighted by Gasteiger charge is -2.43. The number of piperidine rings is 1. The number of piperazine rings is 1. The van der Waals surface area contributed by atoms with Crippen LogP contribution in [0, 0.1) is 0 Å². The van der Waals surface area contributed by atoms with Crippen molar-refractivity contribution in [2.75, 3.05) is 58.4 Å². The molecule has 37 heavy (non-hydrogen) atoms. The summed E-state index contributed by atoms with van der Waals surface area (Å²) >= 11 is 0. The molecule has 0 atom stereocenters. The molecule has 5 rings (SSSR count). The number of aromatic nitrogens is 2. The highest BCUT2D eigenvalue weighted by atomic mass is 16.5. The van der Waals surface area contributed by atoms with Gasteiger partial charge in [0.1, 0.15) is 22.7 Å². The Morgan fingerprint density at radius 3 is 2.41 bits per heavy atom. The van der Waals surface area contributed by atoms with Gasteiger partial charge in [-0.05, 0) is 50.2 Å². The van der Waals surface area contributed by atoms with E-state index in [0.717, 1.165) is 22.7 Å². The van der Waals surface area contributed by atoms with Gasteiger partial charge in [0.05, 0.1) is 37.1 Å². The Hall–Kier alpha value is -3.92. The lowest BCUT2D eigenvalue weighted by molar-refractivity contribution is -0.139. The molecule has 10 heteroatoms. The predicted octanol–water partition coefficient (Wildman–Crippen LogP) is 1.85. The maximum absolute atomic E-state index is 13.9. The fourth-order valence-electron chi connectivity index (χ4n) is 5.09. The Balaban J connectivity index is 1.30. The van der Waals surface area contributed by atoms with Gasteiger partial charge in [0.25, 0.3) is 5.91 Å². The molecule has 2 aliphatic rings. The molecule has 0 spiro atoms. The quantitative estimate of drug-likeness (QED) is 0.524. The molecule has 0 saturated carbocycles. The first-order valence-corrected chi connectivity index (χ1v) is 12.5. The number of fused-ring (bicyclic) bond motifs is 1. The van der Waals surface area contributed by atoms with E-state index in [0.29, 0.717) is 57.6 Å². The summed E-state index contributed by atoms with van der Waals surface area (Å²) in [5, 5.41) is 6.37. The summed E-state index contributed by atoms with van der Waals surface area (Å²) in [5.41, 5.74) is 1.57. The van der Waals surface area contributed by atoms with Gasteiger partial charge in [-0.25, -0.2) is 4.98 Å². The maximum atomic E-state index is 13.9. The minimum Gasteiger partial charge on any atom is -0.497 e. The van der Waals surface area contributed by atoms with Crippen molar-refractivity contribution in [3.63, 3.8) is 0 Å². The van der Waals surface area contributed by atoms with Gasteiger partial charge in [-0.1, -0.05) is 12.1 Å². The van der Waals surface area contributed by atoms with E-state index in [1.165, 1.54) is 6.20 Å². The lowest BCUT2D eigenvalue weighted by atomic mass is 9.86. The van der Waals surface area contributed by atoms with E-state index in [1.807, 2.05) is 47.4 Å². The summed E-state index contributed by atoms with van der Waals surface area (Å²) in [5.74, 6) is 1.04. The van der Waals surface area contributed by atoms with Gasteiger partial charge in [0.2, 0.25) is 5.91 Å². The number of hydrogen-bond donors (Lipinski definition) is 2. The van der Waals surface area contributed by atoms with Crippen LogP contribution in [0.5, 0.6) is 11.5 Å². The highest BCUT2D eigenvalue weighted by molar-refractivity contribution is 5.99. The van der Waals surface area contributed by atoms with E-state index in [9.17, 15) is 9.59 Å². The van der Waals surface area contributed by atoms with E-state index in [-0.39, 0.29) is 17.5 Å². The van der Waals surface area contributed by atoms with E-state index in [1.54, 1.807) is 14.2 Å². The second-order valence-electron chi connectivity index (χ2n) is 9.35. The van der Waals surface area contributed by atoms with Crippen molar-refractivity contribution < 1.29 is 19.1 Å². The molecule has 3 aromatic rings. The first kappa shape index (κ1) is 24.8. The van der Waals surface area contributed by atoms with Crippen molar-refractivity contribution in [1.82, 2.24) is 25.5 Å². The van der Waals surface area contributed by atoms with Gasteiger partial charge in [0.15, 0.2) is 0 Å². The number of amides is 2. The number of methoxy groups -OCH3 is 2. The molecule has 194 valence electrons. The summed E-state index contributed by atoms with van der Waals surface area (Å²) in [6.45, 7) is 3.72. The lowest BCUT2D eigenvalue weighted by Crippen LogP contribution is -2.65. The number of hydrogen-bond acceptors (Lipinski definition) is 8. The molecule has 0 unspecified atom stereocenters. The number of nitrogens with one attached hydrogen (secondary N) is 2. The zero-order valence-electron chi connectivity index (χ0n) is 21.2. The van der Waals surface area contributed by atoms with Crippen molar-refractivity contribution in [1.29, 1.82) is 0 Å². The third-order valence-electron chi connectivity index (χ3n) is 7.19. The number of carbonyl (C=O) groups excluding carboxylic acids is 2. The summed E-state index contributed by atoms with van der Waals surface area (Å²) < 4.78 is 10.9. The largest absolute Gasteiger partial charge is 0.497 e. The van der Waals surface area contributed by atoms with Gasteiger partial charge in [-0.3, -0.25) is 14.6 Å². The Bertz CT molecular complexity index is 1280. The molecule has 3 heterocycles. The maximum Gasteiger partial charge on any atom is 0.272 e. The molecule has 0 radical (unpaired) electrons. The SMILES string of the molecule is COc1ccc(N2CCN(C(=O)C3(NC(=O)c4cnc5ccccc5n4)CCNCC3)CC2)c(OC)c1. The highest BCUT2D eigenvalue weighted by Crippen LogP contribution is 2.33. The van der Waals surface area contributed by atoms with E-state index in [2.05, 4.69) is 25.5 Å². The smallest absolute Gasteiger partial charge is 0.272 e. The van der Waals surface area contributed by atoms with Crippen LogP contribution >= 0.6 is 0 Å². The van der Waals surface area contributed by atoms with Crippen LogP contribution < -0.4 is 25.0 Å². The second-order valence-corrected chi connectivity index (χ2v) is 9.35. The normalized spacial score (nSPS) is 17.4. The van der Waals surface area contributed by atoms with Gasteiger partial charge in [0, 0.05) is 32.2 Å². The van der Waals surface area contributed by atoms with Crippen LogP contribution in [0.3, 0.4) is 0 Å². The van der Waals surface area contributed by atoms with Crippen LogP contribution in [-0.4, -0.2) is 85.7 Å². The van der Waals surface area contributed by atoms with Crippen molar-refractivity contribution in [3.05, 3.63) is 54.4 Å². The zero-order chi connectivity index (χ0) is 25.8. The highest BCUT2D eigenvalue weighted by Gasteiger charge is 2.44. The van der Waals surface area contributed by atoms with Gasteiger partial charge >= 0.3 is 0 Å². The summed E-state index contributed by atoms with van der Waals surface area (Å²) in [4.78, 5) is 40.1. The number of carbonyl (C=O) groups is 2. The van der Waals surface area contributed by atoms with E-state index >= 15 is 0 Å². The first-order valence-electron chi connectivity index (χ1n) is 12.5. The average molecular weight is 505 g/mol. The minimum atomic E-state index is -0.977. The molecular formula is C27H32N6O4. The number of rotatable bonds is 6. The van der Waals surface area contributed by atoms with E-state index in [4.69, 9.17) is 9.47 Å². The number of ether oxygens (including phenoxy) is 2. The fraction of sp³-hybridized carbons (Fsp3) is 0.407. The fourth-order valence-corrected chi connectivity index (χ4v) is 5.09. The molecule has 2 aromatic carbocycles. The van der Waals surface area contributed by atoms with Crippen LogP contribution in [0.25, 0.3) is 11.0 Å². The van der Waals surface area contributed by atoms with Gasteiger partial charge < -0.3 is 29.9 Å². The molecule has 2 fully saturated rings.